The number of rotatable bonds is 6. The summed E-state index contributed by atoms with van der Waals surface area (Å²) in [6, 6.07) is 8.06. The maximum atomic E-state index is 11.8. The zero-order valence-corrected chi connectivity index (χ0v) is 12.3. The van der Waals surface area contributed by atoms with E-state index in [9.17, 15) is 4.79 Å². The summed E-state index contributed by atoms with van der Waals surface area (Å²) in [6.07, 6.45) is 0. The van der Waals surface area contributed by atoms with Crippen molar-refractivity contribution >= 4 is 16.9 Å². The van der Waals surface area contributed by atoms with E-state index in [-0.39, 0.29) is 11.8 Å². The van der Waals surface area contributed by atoms with E-state index in [0.29, 0.717) is 13.1 Å². The smallest absolute Gasteiger partial charge is 0.224 e. The topological polar surface area (TPSA) is 59.0 Å². The normalized spacial score (nSPS) is 12.6. The molecule has 0 bridgehead atoms. The van der Waals surface area contributed by atoms with Crippen molar-refractivity contribution in [3.63, 3.8) is 0 Å². The van der Waals surface area contributed by atoms with Gasteiger partial charge in [-0.25, -0.2) is 4.98 Å². The van der Waals surface area contributed by atoms with Gasteiger partial charge in [0.05, 0.1) is 11.0 Å². The molecule has 1 heterocycles. The van der Waals surface area contributed by atoms with Gasteiger partial charge >= 0.3 is 0 Å². The number of imidazole rings is 1. The predicted molar refractivity (Wildman–Crippen MR) is 80.6 cm³/mol. The molecular weight excluding hydrogens is 252 g/mol. The molecule has 1 amide bonds. The summed E-state index contributed by atoms with van der Waals surface area (Å²) in [5.41, 5.74) is 2.11. The number of nitrogens with one attached hydrogen (secondary N) is 2. The molecule has 0 aliphatic carbocycles. The molecule has 0 saturated heterocycles. The lowest BCUT2D eigenvalue weighted by molar-refractivity contribution is -0.124. The zero-order valence-electron chi connectivity index (χ0n) is 12.3. The van der Waals surface area contributed by atoms with Gasteiger partial charge in [0.1, 0.15) is 5.82 Å². The molecule has 0 radical (unpaired) electrons. The van der Waals surface area contributed by atoms with Gasteiger partial charge in [-0.15, -0.1) is 0 Å². The van der Waals surface area contributed by atoms with E-state index < -0.39 is 0 Å². The highest BCUT2D eigenvalue weighted by atomic mass is 16.1. The maximum absolute atomic E-state index is 11.8. The molecule has 108 valence electrons. The molecule has 0 spiro atoms. The number of aryl methyl sites for hydroxylation is 1. The second kappa shape index (κ2) is 6.52. The first kappa shape index (κ1) is 14.5. The van der Waals surface area contributed by atoms with Crippen molar-refractivity contribution < 1.29 is 4.79 Å². The van der Waals surface area contributed by atoms with Crippen molar-refractivity contribution in [2.75, 3.05) is 20.1 Å². The highest BCUT2D eigenvalue weighted by Crippen LogP contribution is 2.14. The van der Waals surface area contributed by atoms with Gasteiger partial charge in [0.25, 0.3) is 0 Å². The van der Waals surface area contributed by atoms with Crippen LogP contribution in [0, 0.1) is 12.8 Å². The second-order valence-electron chi connectivity index (χ2n) is 5.05. The van der Waals surface area contributed by atoms with Gasteiger partial charge in [0.2, 0.25) is 5.91 Å². The van der Waals surface area contributed by atoms with Crippen LogP contribution in [0.3, 0.4) is 0 Å². The fourth-order valence-electron chi connectivity index (χ4n) is 2.34. The maximum Gasteiger partial charge on any atom is 0.224 e. The van der Waals surface area contributed by atoms with Crippen LogP contribution >= 0.6 is 0 Å². The monoisotopic (exact) mass is 274 g/mol. The van der Waals surface area contributed by atoms with E-state index in [4.69, 9.17) is 0 Å². The number of carbonyl (C=O) groups is 1. The van der Waals surface area contributed by atoms with Crippen molar-refractivity contribution in [2.45, 2.75) is 20.4 Å². The van der Waals surface area contributed by atoms with E-state index in [1.165, 1.54) is 0 Å². The van der Waals surface area contributed by atoms with Crippen molar-refractivity contribution in [1.29, 1.82) is 0 Å². The van der Waals surface area contributed by atoms with Gasteiger partial charge in [-0.3, -0.25) is 4.79 Å². The number of benzene rings is 1. The van der Waals surface area contributed by atoms with E-state index in [2.05, 4.69) is 26.3 Å². The Morgan fingerprint density at radius 3 is 2.90 bits per heavy atom. The molecule has 0 fully saturated rings. The Balaban J connectivity index is 1.96. The van der Waals surface area contributed by atoms with Crippen LogP contribution in [0.25, 0.3) is 11.0 Å². The number of aromatic nitrogens is 2. The Labute approximate surface area is 119 Å². The number of para-hydroxylation sites is 2. The van der Waals surface area contributed by atoms with Crippen molar-refractivity contribution in [3.05, 3.63) is 30.1 Å². The molecule has 2 N–H and O–H groups in total. The number of amides is 1. The predicted octanol–water partition coefficient (Wildman–Crippen LogP) is 1.32. The Bertz CT molecular complexity index is 591. The average Bonchev–Trinajstić information content (AvgIpc) is 2.75. The van der Waals surface area contributed by atoms with Crippen LogP contribution in [0.4, 0.5) is 0 Å². The van der Waals surface area contributed by atoms with Crippen LogP contribution in [0.1, 0.15) is 12.7 Å². The van der Waals surface area contributed by atoms with Gasteiger partial charge in [-0.1, -0.05) is 19.1 Å². The fraction of sp³-hybridized carbons (Fsp3) is 0.467. The standard InChI is InChI=1S/C15H22N4O/c1-11(10-16-3)15(20)17-8-9-19-12(2)18-13-6-4-5-7-14(13)19/h4-7,11,16H,8-10H2,1-3H3,(H,17,20). The molecule has 20 heavy (non-hydrogen) atoms. The summed E-state index contributed by atoms with van der Waals surface area (Å²) in [5.74, 6) is 1.05. The summed E-state index contributed by atoms with van der Waals surface area (Å²) in [4.78, 5) is 16.3. The third-order valence-electron chi connectivity index (χ3n) is 3.44. The van der Waals surface area contributed by atoms with Crippen LogP contribution in [0.5, 0.6) is 0 Å². The van der Waals surface area contributed by atoms with Crippen LogP contribution < -0.4 is 10.6 Å². The quantitative estimate of drug-likeness (QED) is 0.835. The summed E-state index contributed by atoms with van der Waals surface area (Å²) in [7, 11) is 1.85. The van der Waals surface area contributed by atoms with Crippen molar-refractivity contribution in [3.8, 4) is 0 Å². The summed E-state index contributed by atoms with van der Waals surface area (Å²) in [6.45, 7) is 5.96. The molecule has 1 aromatic carbocycles. The van der Waals surface area contributed by atoms with Crippen LogP contribution in [0.15, 0.2) is 24.3 Å². The number of carbonyl (C=O) groups excluding carboxylic acids is 1. The molecule has 2 aromatic rings. The van der Waals surface area contributed by atoms with E-state index in [1.54, 1.807) is 0 Å². The Kier molecular flexibility index (Phi) is 4.74. The first-order chi connectivity index (χ1) is 9.63. The minimum Gasteiger partial charge on any atom is -0.354 e. The lowest BCUT2D eigenvalue weighted by atomic mass is 10.1. The molecule has 1 unspecified atom stereocenters. The van der Waals surface area contributed by atoms with Gasteiger partial charge in [-0.2, -0.15) is 0 Å². The largest absolute Gasteiger partial charge is 0.354 e. The summed E-state index contributed by atoms with van der Waals surface area (Å²) in [5, 5.41) is 5.98. The van der Waals surface area contributed by atoms with Crippen molar-refractivity contribution in [1.82, 2.24) is 20.2 Å². The first-order valence-corrected chi connectivity index (χ1v) is 6.97. The highest BCUT2D eigenvalue weighted by molar-refractivity contribution is 5.78. The van der Waals surface area contributed by atoms with Crippen molar-refractivity contribution in [2.24, 2.45) is 5.92 Å². The summed E-state index contributed by atoms with van der Waals surface area (Å²) >= 11 is 0. The van der Waals surface area contributed by atoms with Gasteiger partial charge in [-0.05, 0) is 26.1 Å². The highest BCUT2D eigenvalue weighted by Gasteiger charge is 2.11. The Morgan fingerprint density at radius 1 is 1.40 bits per heavy atom. The van der Waals surface area contributed by atoms with E-state index >= 15 is 0 Å². The molecule has 5 nitrogen and oxygen atoms in total. The third-order valence-corrected chi connectivity index (χ3v) is 3.44. The Morgan fingerprint density at radius 2 is 2.15 bits per heavy atom. The van der Waals surface area contributed by atoms with Crippen LogP contribution in [0.2, 0.25) is 0 Å². The van der Waals surface area contributed by atoms with Crippen LogP contribution in [-0.2, 0) is 11.3 Å². The zero-order chi connectivity index (χ0) is 14.5. The summed E-state index contributed by atoms with van der Waals surface area (Å²) < 4.78 is 2.14. The molecule has 2 rings (SSSR count). The van der Waals surface area contributed by atoms with Gasteiger partial charge in [0, 0.05) is 25.6 Å². The minimum atomic E-state index is -0.0133. The van der Waals surface area contributed by atoms with Gasteiger partial charge in [0.15, 0.2) is 0 Å². The SMILES string of the molecule is CNCC(C)C(=O)NCCn1c(C)nc2ccccc21. The molecule has 0 saturated carbocycles. The second-order valence-corrected chi connectivity index (χ2v) is 5.05. The average molecular weight is 274 g/mol. The number of nitrogens with zero attached hydrogens (tertiary/aromatic N) is 2. The lowest BCUT2D eigenvalue weighted by Gasteiger charge is -2.12. The molecule has 1 atom stereocenters. The third kappa shape index (κ3) is 3.17. The lowest BCUT2D eigenvalue weighted by Crippen LogP contribution is -2.36. The molecule has 0 aliphatic rings. The van der Waals surface area contributed by atoms with E-state index in [1.807, 2.05) is 39.1 Å². The first-order valence-electron chi connectivity index (χ1n) is 6.97. The molecular formula is C15H22N4O. The minimum absolute atomic E-state index is 0.0133. The molecule has 1 aromatic heterocycles. The Hall–Kier alpha value is -1.88. The fourth-order valence-corrected chi connectivity index (χ4v) is 2.34. The molecule has 5 heteroatoms. The van der Waals surface area contributed by atoms with Gasteiger partial charge < -0.3 is 15.2 Å². The van der Waals surface area contributed by atoms with E-state index in [0.717, 1.165) is 23.4 Å². The number of fused-ring (bicyclic) bond motifs is 1. The van der Waals surface area contributed by atoms with Crippen LogP contribution in [-0.4, -0.2) is 35.6 Å². The molecule has 0 aliphatic heterocycles. The number of hydrogen-bond donors (Lipinski definition) is 2. The number of hydrogen-bond acceptors (Lipinski definition) is 3.